The second kappa shape index (κ2) is 9.39. The van der Waals surface area contributed by atoms with E-state index in [-0.39, 0.29) is 16.5 Å². The van der Waals surface area contributed by atoms with Gasteiger partial charge in [0.25, 0.3) is 5.91 Å². The molecule has 4 rings (SSSR count). The Kier molecular flexibility index (Phi) is 6.56. The number of nitrogens with one attached hydrogen (secondary N) is 1. The van der Waals surface area contributed by atoms with E-state index in [1.807, 2.05) is 6.07 Å². The number of hydrogen-bond acceptors (Lipinski definition) is 5. The third-order valence-electron chi connectivity index (χ3n) is 4.92. The number of halogens is 3. The summed E-state index contributed by atoms with van der Waals surface area (Å²) in [6, 6.07) is 16.6. The number of phenolic OH excluding ortho intramolecular Hbond substituents is 2. The first-order valence-electron chi connectivity index (χ1n) is 9.65. The van der Waals surface area contributed by atoms with Crippen LogP contribution in [0.15, 0.2) is 70.2 Å². The van der Waals surface area contributed by atoms with Crippen molar-refractivity contribution >= 4 is 61.7 Å². The third-order valence-corrected chi connectivity index (χ3v) is 5.92. The van der Waals surface area contributed by atoms with E-state index in [0.717, 1.165) is 10.0 Å². The molecule has 3 aromatic carbocycles. The van der Waals surface area contributed by atoms with Crippen molar-refractivity contribution in [3.63, 3.8) is 0 Å². The topological polar surface area (TPSA) is 94.8 Å². The number of hydrazone groups is 1. The molecule has 0 fully saturated rings. The summed E-state index contributed by atoms with van der Waals surface area (Å²) in [6.07, 6.45) is 0. The molecular formula is C24H16BrCl2N3O3. The van der Waals surface area contributed by atoms with E-state index in [2.05, 4.69) is 31.4 Å². The zero-order valence-corrected chi connectivity index (χ0v) is 20.2. The zero-order valence-electron chi connectivity index (χ0n) is 17.1. The van der Waals surface area contributed by atoms with Crippen molar-refractivity contribution in [2.45, 2.75) is 6.92 Å². The van der Waals surface area contributed by atoms with Crippen LogP contribution in [0.2, 0.25) is 10.0 Å². The molecule has 0 aliphatic carbocycles. The average molecular weight is 545 g/mol. The van der Waals surface area contributed by atoms with Crippen LogP contribution >= 0.6 is 39.1 Å². The summed E-state index contributed by atoms with van der Waals surface area (Å²) < 4.78 is 0.793. The molecule has 4 aromatic rings. The predicted octanol–water partition coefficient (Wildman–Crippen LogP) is 6.54. The summed E-state index contributed by atoms with van der Waals surface area (Å²) in [4.78, 5) is 17.8. The Labute approximate surface area is 207 Å². The third kappa shape index (κ3) is 4.95. The number of hydrogen-bond donors (Lipinski definition) is 3. The molecule has 3 N–H and O–H groups in total. The van der Waals surface area contributed by atoms with E-state index in [1.54, 1.807) is 49.4 Å². The van der Waals surface area contributed by atoms with Gasteiger partial charge in [-0.2, -0.15) is 5.10 Å². The predicted molar refractivity (Wildman–Crippen MR) is 134 cm³/mol. The minimum atomic E-state index is -0.465. The molecule has 0 saturated carbocycles. The van der Waals surface area contributed by atoms with Crippen molar-refractivity contribution in [3.8, 4) is 22.8 Å². The fourth-order valence-electron chi connectivity index (χ4n) is 3.26. The summed E-state index contributed by atoms with van der Waals surface area (Å²) in [7, 11) is 0. The van der Waals surface area contributed by atoms with Crippen LogP contribution in [-0.4, -0.2) is 26.8 Å². The molecule has 0 unspecified atom stereocenters. The maximum atomic E-state index is 13.1. The minimum absolute atomic E-state index is 0.0851. The standard InChI is InChI=1S/C24H16BrCl2N3O3/c1-12(17-9-15(26)10-20(27)23(17)32)29-30-24(33)19-11-22(13-2-5-16(31)6-3-13)28-21-7-4-14(25)8-18(19)21/h2-11,31-32H,1H3,(H,30,33). The summed E-state index contributed by atoms with van der Waals surface area (Å²) >= 11 is 15.4. The average Bonchev–Trinajstić information content (AvgIpc) is 2.79. The Balaban J connectivity index is 1.75. The maximum absolute atomic E-state index is 13.1. The van der Waals surface area contributed by atoms with Gasteiger partial charge in [0.2, 0.25) is 0 Å². The molecule has 0 saturated heterocycles. The number of aromatic nitrogens is 1. The van der Waals surface area contributed by atoms with Crippen LogP contribution in [0.25, 0.3) is 22.2 Å². The summed E-state index contributed by atoms with van der Waals surface area (Å²) in [6.45, 7) is 1.62. The fourth-order valence-corrected chi connectivity index (χ4v) is 4.12. The van der Waals surface area contributed by atoms with Crippen molar-refractivity contribution < 1.29 is 15.0 Å². The Morgan fingerprint density at radius 3 is 2.45 bits per heavy atom. The lowest BCUT2D eigenvalue weighted by atomic mass is 10.0. The molecule has 0 spiro atoms. The highest BCUT2D eigenvalue weighted by Crippen LogP contribution is 2.32. The monoisotopic (exact) mass is 543 g/mol. The normalized spacial score (nSPS) is 11.6. The first-order chi connectivity index (χ1) is 15.7. The second-order valence-corrected chi connectivity index (χ2v) is 8.94. The number of aromatic hydroxyl groups is 2. The van der Waals surface area contributed by atoms with E-state index < -0.39 is 5.91 Å². The Morgan fingerprint density at radius 1 is 1.00 bits per heavy atom. The lowest BCUT2D eigenvalue weighted by molar-refractivity contribution is 0.0956. The van der Waals surface area contributed by atoms with Gasteiger partial charge in [-0.25, -0.2) is 10.4 Å². The van der Waals surface area contributed by atoms with Crippen molar-refractivity contribution in [1.29, 1.82) is 0 Å². The number of pyridine rings is 1. The highest BCUT2D eigenvalue weighted by Gasteiger charge is 2.16. The molecule has 1 heterocycles. The molecule has 0 radical (unpaired) electrons. The Hall–Kier alpha value is -3.13. The van der Waals surface area contributed by atoms with E-state index in [9.17, 15) is 15.0 Å². The molecule has 0 bridgehead atoms. The molecule has 166 valence electrons. The molecule has 9 heteroatoms. The number of carbonyl (C=O) groups excluding carboxylic acids is 1. The van der Waals surface area contributed by atoms with Gasteiger partial charge in [0.15, 0.2) is 0 Å². The van der Waals surface area contributed by atoms with Gasteiger partial charge in [-0.05, 0) is 67.6 Å². The van der Waals surface area contributed by atoms with Gasteiger partial charge in [0, 0.05) is 26.0 Å². The van der Waals surface area contributed by atoms with Crippen LogP contribution in [0.1, 0.15) is 22.8 Å². The summed E-state index contributed by atoms with van der Waals surface area (Å²) in [5, 5.41) is 25.0. The van der Waals surface area contributed by atoms with Crippen LogP contribution in [0.3, 0.4) is 0 Å². The number of fused-ring (bicyclic) bond motifs is 1. The highest BCUT2D eigenvalue weighted by atomic mass is 79.9. The van der Waals surface area contributed by atoms with Gasteiger partial charge in [-0.15, -0.1) is 0 Å². The smallest absolute Gasteiger partial charge is 0.272 e. The SMILES string of the molecule is CC(=NNC(=O)c1cc(-c2ccc(O)cc2)nc2ccc(Br)cc12)c1cc(Cl)cc(Cl)c1O. The van der Waals surface area contributed by atoms with Gasteiger partial charge in [-0.1, -0.05) is 39.1 Å². The lowest BCUT2D eigenvalue weighted by Gasteiger charge is -2.11. The highest BCUT2D eigenvalue weighted by molar-refractivity contribution is 9.10. The van der Waals surface area contributed by atoms with Gasteiger partial charge in [0.1, 0.15) is 11.5 Å². The van der Waals surface area contributed by atoms with Crippen molar-refractivity contribution in [2.24, 2.45) is 5.10 Å². The molecule has 1 amide bonds. The van der Waals surface area contributed by atoms with Gasteiger partial charge >= 0.3 is 0 Å². The Morgan fingerprint density at radius 2 is 1.73 bits per heavy atom. The minimum Gasteiger partial charge on any atom is -0.508 e. The second-order valence-electron chi connectivity index (χ2n) is 7.19. The van der Waals surface area contributed by atoms with Gasteiger partial charge < -0.3 is 10.2 Å². The molecule has 33 heavy (non-hydrogen) atoms. The van der Waals surface area contributed by atoms with E-state index >= 15 is 0 Å². The van der Waals surface area contributed by atoms with Gasteiger partial charge in [0.05, 0.1) is 27.5 Å². The molecule has 1 aromatic heterocycles. The lowest BCUT2D eigenvalue weighted by Crippen LogP contribution is -2.20. The summed E-state index contributed by atoms with van der Waals surface area (Å²) in [5.74, 6) is -0.507. The van der Waals surface area contributed by atoms with E-state index in [1.165, 1.54) is 12.1 Å². The number of carbonyl (C=O) groups is 1. The number of benzene rings is 3. The van der Waals surface area contributed by atoms with Crippen molar-refractivity contribution in [1.82, 2.24) is 10.4 Å². The van der Waals surface area contributed by atoms with Crippen LogP contribution in [0, 0.1) is 0 Å². The first kappa shape index (κ1) is 23.0. The van der Waals surface area contributed by atoms with Crippen LogP contribution < -0.4 is 5.43 Å². The largest absolute Gasteiger partial charge is 0.508 e. The quantitative estimate of drug-likeness (QED) is 0.201. The molecule has 0 aliphatic heterocycles. The maximum Gasteiger partial charge on any atom is 0.272 e. The van der Waals surface area contributed by atoms with E-state index in [0.29, 0.717) is 38.5 Å². The van der Waals surface area contributed by atoms with Crippen LogP contribution in [0.5, 0.6) is 11.5 Å². The molecule has 6 nitrogen and oxygen atoms in total. The Bertz CT molecular complexity index is 1420. The van der Waals surface area contributed by atoms with E-state index in [4.69, 9.17) is 23.2 Å². The molecule has 0 aliphatic rings. The first-order valence-corrected chi connectivity index (χ1v) is 11.2. The van der Waals surface area contributed by atoms with Crippen LogP contribution in [0.4, 0.5) is 0 Å². The van der Waals surface area contributed by atoms with Crippen molar-refractivity contribution in [3.05, 3.63) is 86.3 Å². The molecular weight excluding hydrogens is 529 g/mol. The number of phenols is 2. The zero-order chi connectivity index (χ0) is 23.7. The fraction of sp³-hybridized carbons (Fsp3) is 0.0417. The van der Waals surface area contributed by atoms with Crippen molar-refractivity contribution in [2.75, 3.05) is 0 Å². The van der Waals surface area contributed by atoms with Gasteiger partial charge in [-0.3, -0.25) is 4.79 Å². The number of rotatable bonds is 4. The molecule has 0 atom stereocenters. The number of amides is 1. The summed E-state index contributed by atoms with van der Waals surface area (Å²) in [5.41, 5.74) is 5.44. The number of nitrogens with zero attached hydrogens (tertiary/aromatic N) is 2. The van der Waals surface area contributed by atoms with Crippen LogP contribution in [-0.2, 0) is 0 Å².